The van der Waals surface area contributed by atoms with E-state index in [1.54, 1.807) is 17.7 Å². The van der Waals surface area contributed by atoms with Crippen molar-refractivity contribution < 1.29 is 4.74 Å². The smallest absolute Gasteiger partial charge is 0.329 e. The molecule has 1 aliphatic carbocycles. The van der Waals surface area contributed by atoms with Crippen LogP contribution in [0.25, 0.3) is 15.7 Å². The van der Waals surface area contributed by atoms with Crippen molar-refractivity contribution in [2.24, 2.45) is 5.92 Å². The highest BCUT2D eigenvalue weighted by Gasteiger charge is 2.34. The van der Waals surface area contributed by atoms with Crippen LogP contribution in [0.1, 0.15) is 25.3 Å². The maximum Gasteiger partial charge on any atom is 0.329 e. The van der Waals surface area contributed by atoms with Gasteiger partial charge in [-0.3, -0.25) is 14.3 Å². The quantitative estimate of drug-likeness (QED) is 0.494. The van der Waals surface area contributed by atoms with Crippen LogP contribution in [0.4, 0.5) is 11.4 Å². The van der Waals surface area contributed by atoms with E-state index in [0.717, 1.165) is 38.0 Å². The molecule has 1 aliphatic heterocycles. The number of nitrogen functional groups attached to an aromatic ring is 1. The molecule has 29 heavy (non-hydrogen) atoms. The number of H-pyrrole nitrogens is 1. The van der Waals surface area contributed by atoms with E-state index in [-0.39, 0.29) is 12.1 Å². The second kappa shape index (κ2) is 7.44. The van der Waals surface area contributed by atoms with E-state index < -0.39 is 11.2 Å². The lowest BCUT2D eigenvalue weighted by Crippen LogP contribution is -2.37. The summed E-state index contributed by atoms with van der Waals surface area (Å²) in [6, 6.07) is 1.95. The van der Waals surface area contributed by atoms with Crippen LogP contribution < -0.4 is 31.9 Å². The van der Waals surface area contributed by atoms with E-state index in [0.29, 0.717) is 34.8 Å². The molecule has 1 saturated carbocycles. The maximum absolute atomic E-state index is 12.6. The van der Waals surface area contributed by atoms with Gasteiger partial charge in [-0.15, -0.1) is 0 Å². The molecular weight excluding hydrogens is 372 g/mol. The number of benzene rings is 1. The highest BCUT2D eigenvalue weighted by molar-refractivity contribution is 5.99. The number of nitrogens with two attached hydrogens (primary N) is 1. The summed E-state index contributed by atoms with van der Waals surface area (Å²) in [4.78, 5) is 33.2. The lowest BCUT2D eigenvalue weighted by Gasteiger charge is -2.25. The molecule has 2 aromatic rings. The third-order valence-corrected chi connectivity index (χ3v) is 6.08. The Bertz CT molecular complexity index is 1090. The molecule has 0 bridgehead atoms. The van der Waals surface area contributed by atoms with Crippen LogP contribution >= 0.6 is 0 Å². The number of aromatic nitrogens is 2. The van der Waals surface area contributed by atoms with Crippen LogP contribution in [-0.4, -0.2) is 49.4 Å². The van der Waals surface area contributed by atoms with Crippen molar-refractivity contribution >= 4 is 22.3 Å². The summed E-state index contributed by atoms with van der Waals surface area (Å²) < 4.78 is 7.37. The molecule has 0 spiro atoms. The maximum atomic E-state index is 12.6. The van der Waals surface area contributed by atoms with Crippen LogP contribution in [-0.2, 0) is 0 Å². The molecule has 1 aromatic heterocycles. The zero-order valence-electron chi connectivity index (χ0n) is 16.7. The number of likely N-dealkylation sites (N-methyl/N-ethyl adjacent to an activating group) is 1. The second-order valence-electron chi connectivity index (χ2n) is 7.83. The summed E-state index contributed by atoms with van der Waals surface area (Å²) >= 11 is 0. The van der Waals surface area contributed by atoms with Gasteiger partial charge in [-0.2, -0.15) is 0 Å². The number of nitrogens with zero attached hydrogens (tertiary/aromatic N) is 3. The van der Waals surface area contributed by atoms with Gasteiger partial charge in [0.1, 0.15) is 5.52 Å². The van der Waals surface area contributed by atoms with Crippen molar-refractivity contribution in [1.29, 1.82) is 0 Å². The predicted octanol–water partition coefficient (Wildman–Crippen LogP) is 0.949. The number of nitrogens with one attached hydrogen (secondary N) is 2. The van der Waals surface area contributed by atoms with Crippen LogP contribution in [0.2, 0.25) is 0 Å². The van der Waals surface area contributed by atoms with E-state index in [1.165, 1.54) is 0 Å². The zero-order valence-corrected chi connectivity index (χ0v) is 16.7. The molecule has 2 aliphatic rings. The molecule has 154 valence electrons. The summed E-state index contributed by atoms with van der Waals surface area (Å²) in [6.45, 7) is 9.15. The largest absolute Gasteiger partial charge is 0.492 e. The molecule has 1 saturated heterocycles. The number of rotatable bonds is 6. The van der Waals surface area contributed by atoms with Gasteiger partial charge >= 0.3 is 5.69 Å². The highest BCUT2D eigenvalue weighted by Crippen LogP contribution is 2.44. The van der Waals surface area contributed by atoms with Gasteiger partial charge in [-0.1, -0.05) is 0 Å². The molecule has 2 fully saturated rings. The minimum absolute atomic E-state index is 0.0593. The summed E-state index contributed by atoms with van der Waals surface area (Å²) in [7, 11) is 3.44. The number of aromatic amines is 1. The average molecular weight is 398 g/mol. The number of ether oxygens (including phenoxy) is 1. The van der Waals surface area contributed by atoms with Gasteiger partial charge in [0.25, 0.3) is 5.56 Å². The van der Waals surface area contributed by atoms with E-state index in [1.807, 2.05) is 7.05 Å². The van der Waals surface area contributed by atoms with E-state index >= 15 is 0 Å². The lowest BCUT2D eigenvalue weighted by molar-refractivity contribution is 0.413. The summed E-state index contributed by atoms with van der Waals surface area (Å²) in [5.41, 5.74) is 6.98. The minimum Gasteiger partial charge on any atom is -0.492 e. The van der Waals surface area contributed by atoms with Gasteiger partial charge < -0.3 is 25.5 Å². The zero-order chi connectivity index (χ0) is 20.7. The molecule has 4 rings (SSSR count). The fraction of sp³-hybridized carbons (Fsp3) is 0.550. The average Bonchev–Trinajstić information content (AvgIpc) is 3.40. The lowest BCUT2D eigenvalue weighted by atomic mass is 9.99. The fourth-order valence-corrected chi connectivity index (χ4v) is 4.47. The van der Waals surface area contributed by atoms with E-state index in [2.05, 4.69) is 20.0 Å². The van der Waals surface area contributed by atoms with Gasteiger partial charge in [0.05, 0.1) is 24.2 Å². The molecule has 0 amide bonds. The molecular formula is C20H26N6O3. The first kappa shape index (κ1) is 19.3. The van der Waals surface area contributed by atoms with Crippen LogP contribution in [0.5, 0.6) is 5.75 Å². The molecule has 9 nitrogen and oxygen atoms in total. The van der Waals surface area contributed by atoms with Gasteiger partial charge in [-0.25, -0.2) is 11.4 Å². The standard InChI is InChI=1S/C20H26N6O3/c1-22-9-14(23-2)11-6-7-25(10-11)15-8-13(21)16-17(18(15)29-3)26(12-4-5-12)20(28)24-19(16)27/h8,11-12,14,23H,4-7,9-10,21H2,2-3H3,(H,24,27,28). The van der Waals surface area contributed by atoms with Crippen molar-refractivity contribution in [3.8, 4) is 5.75 Å². The monoisotopic (exact) mass is 398 g/mol. The number of hydrogen-bond donors (Lipinski definition) is 3. The third-order valence-electron chi connectivity index (χ3n) is 6.08. The summed E-state index contributed by atoms with van der Waals surface area (Å²) in [6.07, 6.45) is 2.72. The molecule has 2 atom stereocenters. The van der Waals surface area contributed by atoms with Crippen molar-refractivity contribution in [3.63, 3.8) is 0 Å². The summed E-state index contributed by atoms with van der Waals surface area (Å²) in [5.74, 6) is 0.830. The SMILES string of the molecule is [C-]#[N+]CC(NC)C1CCN(c2cc(N)c3c(=O)[nH]c(=O)n(C4CC4)c3c2OC)C1. The predicted molar refractivity (Wildman–Crippen MR) is 113 cm³/mol. The second-order valence-corrected chi connectivity index (χ2v) is 7.83. The van der Waals surface area contributed by atoms with Gasteiger partial charge in [0, 0.05) is 30.7 Å². The van der Waals surface area contributed by atoms with Crippen molar-refractivity contribution in [2.45, 2.75) is 31.3 Å². The van der Waals surface area contributed by atoms with E-state index in [9.17, 15) is 9.59 Å². The Labute approximate surface area is 168 Å². The normalized spacial score (nSPS) is 20.0. The van der Waals surface area contributed by atoms with Crippen LogP contribution in [0, 0.1) is 12.5 Å². The number of hydrogen-bond acceptors (Lipinski definition) is 6. The van der Waals surface area contributed by atoms with Crippen molar-refractivity contribution in [1.82, 2.24) is 14.9 Å². The number of anilines is 2. The Morgan fingerprint density at radius 2 is 2.17 bits per heavy atom. The number of methoxy groups -OCH3 is 1. The Morgan fingerprint density at radius 3 is 2.79 bits per heavy atom. The summed E-state index contributed by atoms with van der Waals surface area (Å²) in [5, 5.41) is 3.55. The Kier molecular flexibility index (Phi) is 4.96. The van der Waals surface area contributed by atoms with Gasteiger partial charge in [-0.05, 0) is 32.4 Å². The first-order chi connectivity index (χ1) is 14.0. The van der Waals surface area contributed by atoms with Gasteiger partial charge in [0.15, 0.2) is 5.75 Å². The first-order valence-corrected chi connectivity index (χ1v) is 9.90. The fourth-order valence-electron chi connectivity index (χ4n) is 4.47. The first-order valence-electron chi connectivity index (χ1n) is 9.90. The highest BCUT2D eigenvalue weighted by atomic mass is 16.5. The molecule has 4 N–H and O–H groups in total. The topological polar surface area (TPSA) is 110 Å². The van der Waals surface area contributed by atoms with Gasteiger partial charge in [0.2, 0.25) is 6.54 Å². The van der Waals surface area contributed by atoms with Crippen LogP contribution in [0.3, 0.4) is 0 Å². The van der Waals surface area contributed by atoms with E-state index in [4.69, 9.17) is 17.0 Å². The number of fused-ring (bicyclic) bond motifs is 1. The van der Waals surface area contributed by atoms with Crippen LogP contribution in [0.15, 0.2) is 15.7 Å². The molecule has 2 heterocycles. The van der Waals surface area contributed by atoms with Crippen molar-refractivity contribution in [2.75, 3.05) is 44.4 Å². The Hall–Kier alpha value is -2.99. The minimum atomic E-state index is -0.490. The third kappa shape index (κ3) is 3.23. The Morgan fingerprint density at radius 1 is 1.41 bits per heavy atom. The molecule has 1 aromatic carbocycles. The molecule has 2 unspecified atom stereocenters. The van der Waals surface area contributed by atoms with Crippen molar-refractivity contribution in [3.05, 3.63) is 38.3 Å². The Balaban J connectivity index is 1.85. The molecule has 0 radical (unpaired) electrons. The molecule has 9 heteroatoms.